The van der Waals surface area contributed by atoms with Gasteiger partial charge in [0.2, 0.25) is 0 Å². The summed E-state index contributed by atoms with van der Waals surface area (Å²) in [5.41, 5.74) is 4.15. The molecule has 1 aliphatic heterocycles. The van der Waals surface area contributed by atoms with Gasteiger partial charge in [-0.2, -0.15) is 0 Å². The molecule has 0 unspecified atom stereocenters. The Morgan fingerprint density at radius 2 is 1.96 bits per heavy atom. The van der Waals surface area contributed by atoms with Crippen LogP contribution in [0.5, 0.6) is 5.75 Å². The second kappa shape index (κ2) is 7.70. The number of carbonyl (C=O) groups is 1. The van der Waals surface area contributed by atoms with Gasteiger partial charge in [-0.05, 0) is 74.6 Å². The van der Waals surface area contributed by atoms with E-state index >= 15 is 0 Å². The van der Waals surface area contributed by atoms with Gasteiger partial charge in [0.25, 0.3) is 0 Å². The van der Waals surface area contributed by atoms with Crippen LogP contribution in [-0.4, -0.2) is 18.7 Å². The first-order valence-corrected chi connectivity index (χ1v) is 10.1. The van der Waals surface area contributed by atoms with Crippen molar-refractivity contribution in [3.63, 3.8) is 0 Å². The minimum absolute atomic E-state index is 0.169. The molecular weight excluding hydrogens is 350 g/mol. The molecule has 4 heteroatoms. The molecule has 2 aliphatic rings. The maximum atomic E-state index is 12.1. The third kappa shape index (κ3) is 3.51. The average Bonchev–Trinajstić information content (AvgIpc) is 3.17. The summed E-state index contributed by atoms with van der Waals surface area (Å²) in [7, 11) is 0. The fourth-order valence-corrected chi connectivity index (χ4v) is 4.29. The Balaban J connectivity index is 1.63. The molecule has 146 valence electrons. The minimum Gasteiger partial charge on any atom is -0.491 e. The van der Waals surface area contributed by atoms with Crippen LogP contribution in [0.1, 0.15) is 60.6 Å². The van der Waals surface area contributed by atoms with Crippen molar-refractivity contribution < 1.29 is 14.3 Å². The first-order valence-electron chi connectivity index (χ1n) is 10.1. The van der Waals surface area contributed by atoms with E-state index in [9.17, 15) is 4.79 Å². The fraction of sp³-hybridized carbons (Fsp3) is 0.375. The maximum Gasteiger partial charge on any atom is 0.338 e. The Bertz CT molecular complexity index is 885. The summed E-state index contributed by atoms with van der Waals surface area (Å²) in [6.45, 7) is 6.29. The molecule has 0 radical (unpaired) electrons. The number of fused-ring (bicyclic) bond motifs is 3. The smallest absolute Gasteiger partial charge is 0.338 e. The number of nitrogens with one attached hydrogen (secondary N) is 1. The molecule has 0 bridgehead atoms. The number of esters is 1. The molecule has 2 aromatic carbocycles. The van der Waals surface area contributed by atoms with E-state index < -0.39 is 0 Å². The number of carbonyl (C=O) groups excluding carboxylic acids is 1. The molecule has 0 saturated heterocycles. The van der Waals surface area contributed by atoms with E-state index in [1.807, 2.05) is 51.1 Å². The molecule has 4 nitrogen and oxygen atoms in total. The van der Waals surface area contributed by atoms with E-state index in [0.29, 0.717) is 24.0 Å². The molecule has 28 heavy (non-hydrogen) atoms. The van der Waals surface area contributed by atoms with E-state index in [0.717, 1.165) is 17.9 Å². The lowest BCUT2D eigenvalue weighted by molar-refractivity contribution is 0.0526. The highest BCUT2D eigenvalue weighted by Crippen LogP contribution is 2.50. The summed E-state index contributed by atoms with van der Waals surface area (Å²) >= 11 is 0. The minimum atomic E-state index is -0.258. The van der Waals surface area contributed by atoms with Crippen molar-refractivity contribution in [2.45, 2.75) is 45.3 Å². The first kappa shape index (κ1) is 18.6. The van der Waals surface area contributed by atoms with E-state index in [2.05, 4.69) is 29.6 Å². The van der Waals surface area contributed by atoms with Gasteiger partial charge >= 0.3 is 5.97 Å². The molecule has 2 aromatic rings. The van der Waals surface area contributed by atoms with Crippen LogP contribution in [0, 0.1) is 5.92 Å². The van der Waals surface area contributed by atoms with Gasteiger partial charge in [-0.1, -0.05) is 24.3 Å². The molecule has 0 amide bonds. The van der Waals surface area contributed by atoms with Crippen LogP contribution in [0.15, 0.2) is 54.6 Å². The Kier molecular flexibility index (Phi) is 5.12. The van der Waals surface area contributed by atoms with Crippen LogP contribution in [0.2, 0.25) is 0 Å². The topological polar surface area (TPSA) is 47.6 Å². The highest BCUT2D eigenvalue weighted by molar-refractivity contribution is 5.90. The normalized spacial score (nSPS) is 22.4. The number of ether oxygens (including phenoxy) is 2. The molecule has 1 aliphatic carbocycles. The van der Waals surface area contributed by atoms with Crippen molar-refractivity contribution in [3.05, 3.63) is 71.3 Å². The van der Waals surface area contributed by atoms with Crippen molar-refractivity contribution >= 4 is 11.7 Å². The van der Waals surface area contributed by atoms with E-state index in [1.165, 1.54) is 11.1 Å². The van der Waals surface area contributed by atoms with E-state index in [4.69, 9.17) is 9.47 Å². The fourth-order valence-electron chi connectivity index (χ4n) is 4.29. The molecule has 0 saturated carbocycles. The molecule has 4 rings (SSSR count). The summed E-state index contributed by atoms with van der Waals surface area (Å²) in [6, 6.07) is 14.5. The number of hydrogen-bond donors (Lipinski definition) is 1. The number of anilines is 1. The lowest BCUT2D eigenvalue weighted by Gasteiger charge is -2.37. The number of hydrogen-bond acceptors (Lipinski definition) is 4. The molecule has 1 heterocycles. The van der Waals surface area contributed by atoms with Gasteiger partial charge in [0.05, 0.1) is 24.3 Å². The van der Waals surface area contributed by atoms with Crippen LogP contribution in [-0.2, 0) is 4.74 Å². The van der Waals surface area contributed by atoms with Gasteiger partial charge in [-0.15, -0.1) is 0 Å². The standard InChI is InChI=1S/C24H27NO3/c1-4-27-24(26)17-10-13-22-21(14-17)19-6-5-7-20(19)23(25-22)16-8-11-18(12-9-16)28-15(2)3/h5-6,8-15,19-20,23,25H,4,7H2,1-3H3/t19-,20+,23+/m1/s1. The van der Waals surface area contributed by atoms with Gasteiger partial charge in [0.1, 0.15) is 5.75 Å². The summed E-state index contributed by atoms with van der Waals surface area (Å²) < 4.78 is 10.9. The lowest BCUT2D eigenvalue weighted by atomic mass is 9.76. The number of allylic oxidation sites excluding steroid dienone is 2. The molecule has 3 atom stereocenters. The zero-order chi connectivity index (χ0) is 19.7. The van der Waals surface area contributed by atoms with Crippen LogP contribution in [0.3, 0.4) is 0 Å². The van der Waals surface area contributed by atoms with Gasteiger partial charge < -0.3 is 14.8 Å². The van der Waals surface area contributed by atoms with E-state index in [1.54, 1.807) is 0 Å². The molecular formula is C24H27NO3. The first-order chi connectivity index (χ1) is 13.6. The van der Waals surface area contributed by atoms with Gasteiger partial charge in [-0.25, -0.2) is 4.79 Å². The van der Waals surface area contributed by atoms with Crippen molar-refractivity contribution in [1.29, 1.82) is 0 Å². The van der Waals surface area contributed by atoms with Crippen molar-refractivity contribution in [3.8, 4) is 5.75 Å². The predicted molar refractivity (Wildman–Crippen MR) is 111 cm³/mol. The lowest BCUT2D eigenvalue weighted by Crippen LogP contribution is -2.29. The Morgan fingerprint density at radius 3 is 2.68 bits per heavy atom. The number of rotatable bonds is 5. The third-order valence-corrected chi connectivity index (χ3v) is 5.48. The second-order valence-electron chi connectivity index (χ2n) is 7.73. The van der Waals surface area contributed by atoms with Crippen LogP contribution in [0.4, 0.5) is 5.69 Å². The Hall–Kier alpha value is -2.75. The number of benzene rings is 2. The maximum absolute atomic E-state index is 12.1. The van der Waals surface area contributed by atoms with E-state index in [-0.39, 0.29) is 18.1 Å². The SMILES string of the molecule is CCOC(=O)c1ccc2c(c1)[C@@H]1C=CC[C@@H]1[C@H](c1ccc(OC(C)C)cc1)N2. The Morgan fingerprint density at radius 1 is 1.18 bits per heavy atom. The largest absolute Gasteiger partial charge is 0.491 e. The van der Waals surface area contributed by atoms with Gasteiger partial charge in [-0.3, -0.25) is 0 Å². The molecule has 1 N–H and O–H groups in total. The van der Waals surface area contributed by atoms with Crippen LogP contribution >= 0.6 is 0 Å². The van der Waals surface area contributed by atoms with Gasteiger partial charge in [0, 0.05) is 11.6 Å². The average molecular weight is 377 g/mol. The molecule has 0 spiro atoms. The highest BCUT2D eigenvalue weighted by Gasteiger charge is 2.38. The summed E-state index contributed by atoms with van der Waals surface area (Å²) in [5.74, 6) is 1.38. The third-order valence-electron chi connectivity index (χ3n) is 5.48. The predicted octanol–water partition coefficient (Wildman–Crippen LogP) is 5.48. The second-order valence-corrected chi connectivity index (χ2v) is 7.73. The van der Waals surface area contributed by atoms with Crippen molar-refractivity contribution in [1.82, 2.24) is 0 Å². The Labute approximate surface area is 166 Å². The molecule has 0 fully saturated rings. The zero-order valence-electron chi connectivity index (χ0n) is 16.6. The highest BCUT2D eigenvalue weighted by atomic mass is 16.5. The zero-order valence-corrected chi connectivity index (χ0v) is 16.6. The summed E-state index contributed by atoms with van der Waals surface area (Å²) in [6.07, 6.45) is 5.73. The van der Waals surface area contributed by atoms with Gasteiger partial charge in [0.15, 0.2) is 0 Å². The van der Waals surface area contributed by atoms with Crippen molar-refractivity contribution in [2.75, 3.05) is 11.9 Å². The van der Waals surface area contributed by atoms with Crippen molar-refractivity contribution in [2.24, 2.45) is 5.92 Å². The monoisotopic (exact) mass is 377 g/mol. The molecule has 0 aromatic heterocycles. The van der Waals surface area contributed by atoms with Crippen LogP contribution in [0.25, 0.3) is 0 Å². The van der Waals surface area contributed by atoms with Crippen LogP contribution < -0.4 is 10.1 Å². The quantitative estimate of drug-likeness (QED) is 0.554. The summed E-state index contributed by atoms with van der Waals surface area (Å²) in [4.78, 5) is 12.1. The summed E-state index contributed by atoms with van der Waals surface area (Å²) in [5, 5.41) is 3.71.